The standard InChI is InChI=1S/C7H11BrN4O3S/c1-11-7(6(8)9-10-11)16(14,15)12-3-2-5(13)4-12/h5,13H,2-4H2,1H3. The summed E-state index contributed by atoms with van der Waals surface area (Å²) in [6.45, 7) is 0.446. The third kappa shape index (κ3) is 1.88. The van der Waals surface area contributed by atoms with Gasteiger partial charge in [0.25, 0.3) is 10.0 Å². The molecule has 2 heterocycles. The van der Waals surface area contributed by atoms with E-state index in [9.17, 15) is 13.5 Å². The summed E-state index contributed by atoms with van der Waals surface area (Å²) >= 11 is 3.05. The number of rotatable bonds is 2. The van der Waals surface area contributed by atoms with Gasteiger partial charge in [0.2, 0.25) is 5.03 Å². The highest BCUT2D eigenvalue weighted by atomic mass is 79.9. The van der Waals surface area contributed by atoms with Gasteiger partial charge >= 0.3 is 0 Å². The van der Waals surface area contributed by atoms with Crippen molar-refractivity contribution in [2.75, 3.05) is 13.1 Å². The molecule has 2 rings (SSSR count). The fourth-order valence-corrected chi connectivity index (χ4v) is 4.17. The minimum Gasteiger partial charge on any atom is -0.392 e. The molecule has 7 nitrogen and oxygen atoms in total. The Morgan fingerprint density at radius 1 is 1.56 bits per heavy atom. The third-order valence-corrected chi connectivity index (χ3v) is 5.20. The second-order valence-electron chi connectivity index (χ2n) is 3.61. The highest BCUT2D eigenvalue weighted by molar-refractivity contribution is 9.10. The quantitative estimate of drug-likeness (QED) is 0.783. The molecule has 90 valence electrons. The van der Waals surface area contributed by atoms with Gasteiger partial charge in [0, 0.05) is 20.1 Å². The summed E-state index contributed by atoms with van der Waals surface area (Å²) in [5.74, 6) is 0. The first-order chi connectivity index (χ1) is 7.43. The predicted molar refractivity (Wildman–Crippen MR) is 58.1 cm³/mol. The lowest BCUT2D eigenvalue weighted by atomic mass is 10.3. The highest BCUT2D eigenvalue weighted by Crippen LogP contribution is 2.25. The van der Waals surface area contributed by atoms with E-state index >= 15 is 0 Å². The van der Waals surface area contributed by atoms with Gasteiger partial charge in [-0.15, -0.1) is 5.10 Å². The van der Waals surface area contributed by atoms with Crippen molar-refractivity contribution in [3.63, 3.8) is 0 Å². The zero-order valence-electron chi connectivity index (χ0n) is 8.54. The van der Waals surface area contributed by atoms with Gasteiger partial charge in [0.15, 0.2) is 4.60 Å². The molecule has 0 bridgehead atoms. The number of aryl methyl sites for hydroxylation is 1. The predicted octanol–water partition coefficient (Wildman–Crippen LogP) is -0.667. The minimum atomic E-state index is -3.63. The molecule has 0 aliphatic carbocycles. The summed E-state index contributed by atoms with van der Waals surface area (Å²) in [5, 5.41) is 16.6. The van der Waals surface area contributed by atoms with Crippen LogP contribution in [0.3, 0.4) is 0 Å². The zero-order chi connectivity index (χ0) is 11.9. The smallest absolute Gasteiger partial charge is 0.263 e. The van der Waals surface area contributed by atoms with Gasteiger partial charge in [-0.1, -0.05) is 5.21 Å². The Hall–Kier alpha value is -0.510. The highest BCUT2D eigenvalue weighted by Gasteiger charge is 2.35. The molecule has 1 N–H and O–H groups in total. The number of aromatic nitrogens is 3. The fourth-order valence-electron chi connectivity index (χ4n) is 1.65. The molecular formula is C7H11BrN4O3S. The molecule has 1 aromatic heterocycles. The first-order valence-corrected chi connectivity index (χ1v) is 6.89. The summed E-state index contributed by atoms with van der Waals surface area (Å²) in [5.41, 5.74) is 0. The average Bonchev–Trinajstić information content (AvgIpc) is 2.74. The molecule has 1 unspecified atom stereocenters. The Labute approximate surface area is 101 Å². The molecule has 16 heavy (non-hydrogen) atoms. The molecule has 1 aliphatic heterocycles. The maximum absolute atomic E-state index is 12.2. The van der Waals surface area contributed by atoms with Crippen molar-refractivity contribution in [1.29, 1.82) is 0 Å². The number of sulfonamides is 1. The van der Waals surface area contributed by atoms with Crippen LogP contribution in [0, 0.1) is 0 Å². The van der Waals surface area contributed by atoms with Gasteiger partial charge in [-0.25, -0.2) is 13.1 Å². The third-order valence-electron chi connectivity index (χ3n) is 2.45. The van der Waals surface area contributed by atoms with Crippen LogP contribution in [-0.4, -0.2) is 52.0 Å². The zero-order valence-corrected chi connectivity index (χ0v) is 10.9. The lowest BCUT2D eigenvalue weighted by Gasteiger charge is -2.15. The SMILES string of the molecule is Cn1nnc(Br)c1S(=O)(=O)N1CCC(O)C1. The lowest BCUT2D eigenvalue weighted by molar-refractivity contribution is 0.189. The summed E-state index contributed by atoms with van der Waals surface area (Å²) in [4.78, 5) is 0. The summed E-state index contributed by atoms with van der Waals surface area (Å²) in [6, 6.07) is 0. The van der Waals surface area contributed by atoms with E-state index in [1.54, 1.807) is 0 Å². The summed E-state index contributed by atoms with van der Waals surface area (Å²) in [6.07, 6.45) is -0.128. The molecule has 1 fully saturated rings. The molecule has 1 aliphatic rings. The van der Waals surface area contributed by atoms with E-state index in [1.165, 1.54) is 16.0 Å². The van der Waals surface area contributed by atoms with E-state index in [1.807, 2.05) is 0 Å². The van der Waals surface area contributed by atoms with Gasteiger partial charge in [-0.2, -0.15) is 4.31 Å². The maximum atomic E-state index is 12.2. The molecule has 0 saturated carbocycles. The Morgan fingerprint density at radius 2 is 2.25 bits per heavy atom. The molecule has 1 aromatic rings. The van der Waals surface area contributed by atoms with E-state index in [0.29, 0.717) is 13.0 Å². The number of aliphatic hydroxyl groups is 1. The molecule has 1 atom stereocenters. The number of hydrogen-bond donors (Lipinski definition) is 1. The van der Waals surface area contributed by atoms with Crippen molar-refractivity contribution in [3.8, 4) is 0 Å². The van der Waals surface area contributed by atoms with Crippen molar-refractivity contribution < 1.29 is 13.5 Å². The van der Waals surface area contributed by atoms with E-state index in [2.05, 4.69) is 26.2 Å². The second kappa shape index (κ2) is 4.06. The number of halogens is 1. The normalized spacial score (nSPS) is 22.8. The number of hydrogen-bond acceptors (Lipinski definition) is 5. The fraction of sp³-hybridized carbons (Fsp3) is 0.714. The van der Waals surface area contributed by atoms with E-state index in [0.717, 1.165) is 0 Å². The van der Waals surface area contributed by atoms with Crippen LogP contribution in [-0.2, 0) is 17.1 Å². The number of aliphatic hydroxyl groups excluding tert-OH is 1. The van der Waals surface area contributed by atoms with Gasteiger partial charge in [0.1, 0.15) is 0 Å². The minimum absolute atomic E-state index is 0.0154. The van der Waals surface area contributed by atoms with Crippen LogP contribution >= 0.6 is 15.9 Å². The molecular weight excluding hydrogens is 300 g/mol. The van der Waals surface area contributed by atoms with Crippen molar-refractivity contribution in [2.24, 2.45) is 7.05 Å². The van der Waals surface area contributed by atoms with Crippen LogP contribution < -0.4 is 0 Å². The molecule has 9 heteroatoms. The lowest BCUT2D eigenvalue weighted by Crippen LogP contribution is -2.31. The van der Waals surface area contributed by atoms with Crippen LogP contribution in [0.15, 0.2) is 9.63 Å². The first kappa shape index (κ1) is 12.0. The van der Waals surface area contributed by atoms with Gasteiger partial charge < -0.3 is 5.11 Å². The largest absolute Gasteiger partial charge is 0.392 e. The van der Waals surface area contributed by atoms with Crippen molar-refractivity contribution >= 4 is 26.0 Å². The average molecular weight is 311 g/mol. The summed E-state index contributed by atoms with van der Waals surface area (Å²) < 4.78 is 27.0. The Bertz CT molecular complexity index is 480. The molecule has 0 spiro atoms. The molecule has 0 aromatic carbocycles. The monoisotopic (exact) mass is 310 g/mol. The van der Waals surface area contributed by atoms with E-state index in [-0.39, 0.29) is 16.2 Å². The van der Waals surface area contributed by atoms with Crippen molar-refractivity contribution in [3.05, 3.63) is 4.60 Å². The first-order valence-electron chi connectivity index (χ1n) is 4.66. The van der Waals surface area contributed by atoms with Crippen LogP contribution in [0.25, 0.3) is 0 Å². The van der Waals surface area contributed by atoms with Gasteiger partial charge in [0.05, 0.1) is 6.10 Å². The van der Waals surface area contributed by atoms with Crippen LogP contribution in [0.1, 0.15) is 6.42 Å². The molecule has 0 radical (unpaired) electrons. The van der Waals surface area contributed by atoms with Crippen LogP contribution in [0.2, 0.25) is 0 Å². The maximum Gasteiger partial charge on any atom is 0.263 e. The van der Waals surface area contributed by atoms with Gasteiger partial charge in [-0.3, -0.25) is 0 Å². The Balaban J connectivity index is 2.40. The Kier molecular flexibility index (Phi) is 3.03. The van der Waals surface area contributed by atoms with Crippen molar-refractivity contribution in [1.82, 2.24) is 19.3 Å². The Morgan fingerprint density at radius 3 is 2.69 bits per heavy atom. The topological polar surface area (TPSA) is 88.3 Å². The van der Waals surface area contributed by atoms with Crippen molar-refractivity contribution in [2.45, 2.75) is 17.6 Å². The number of nitrogens with zero attached hydrogens (tertiary/aromatic N) is 4. The van der Waals surface area contributed by atoms with E-state index < -0.39 is 16.1 Å². The van der Waals surface area contributed by atoms with Crippen LogP contribution in [0.5, 0.6) is 0 Å². The van der Waals surface area contributed by atoms with Gasteiger partial charge in [-0.05, 0) is 22.4 Å². The van der Waals surface area contributed by atoms with E-state index in [4.69, 9.17) is 0 Å². The molecule has 1 saturated heterocycles. The summed E-state index contributed by atoms with van der Waals surface area (Å²) in [7, 11) is -2.11. The second-order valence-corrected chi connectivity index (χ2v) is 6.22. The van der Waals surface area contributed by atoms with Crippen LogP contribution in [0.4, 0.5) is 0 Å². The molecule has 0 amide bonds. The number of β-amino-alcohol motifs (C(OH)–C–C–N with tert-alkyl or cyclic N) is 1.